The highest BCUT2D eigenvalue weighted by Gasteiger charge is 2.15. The lowest BCUT2D eigenvalue weighted by Crippen LogP contribution is -1.98. The fourth-order valence-corrected chi connectivity index (χ4v) is 3.42. The zero-order valence-electron chi connectivity index (χ0n) is 9.38. The van der Waals surface area contributed by atoms with Crippen LogP contribution in [0.4, 0.5) is 0 Å². The Morgan fingerprint density at radius 1 is 1.11 bits per heavy atom. The molecular weight excluding hydrogens is 310 g/mol. The minimum absolute atomic E-state index is 0.625. The van der Waals surface area contributed by atoms with Gasteiger partial charge in [0.2, 0.25) is 0 Å². The molecule has 2 heterocycles. The fraction of sp³-hybridized carbons (Fsp3) is 0.0714. The summed E-state index contributed by atoms with van der Waals surface area (Å²) in [5.74, 6) is 0. The molecule has 0 aliphatic heterocycles. The van der Waals surface area contributed by atoms with Crippen LogP contribution in [0.3, 0.4) is 0 Å². The Labute approximate surface area is 117 Å². The molecular formula is C14H10BrNOS. The van der Waals surface area contributed by atoms with Crippen LogP contribution in [0.25, 0.3) is 10.8 Å². The van der Waals surface area contributed by atoms with Gasteiger partial charge in [-0.2, -0.15) is 0 Å². The van der Waals surface area contributed by atoms with Crippen molar-refractivity contribution >= 4 is 38.0 Å². The molecule has 0 spiro atoms. The maximum absolute atomic E-state index is 10.5. The number of hydrogen-bond donors (Lipinski definition) is 1. The molecule has 2 nitrogen and oxygen atoms in total. The largest absolute Gasteiger partial charge is 0.383 e. The molecule has 0 aliphatic rings. The molecule has 3 aromatic rings. The van der Waals surface area contributed by atoms with Crippen molar-refractivity contribution in [2.45, 2.75) is 6.10 Å². The van der Waals surface area contributed by atoms with Crippen LogP contribution < -0.4 is 0 Å². The van der Waals surface area contributed by atoms with E-state index in [2.05, 4.69) is 20.9 Å². The summed E-state index contributed by atoms with van der Waals surface area (Å²) in [6.07, 6.45) is 2.93. The van der Waals surface area contributed by atoms with Crippen molar-refractivity contribution in [3.8, 4) is 0 Å². The summed E-state index contributed by atoms with van der Waals surface area (Å²) < 4.78 is 1.02. The predicted molar refractivity (Wildman–Crippen MR) is 77.8 cm³/mol. The number of rotatable bonds is 2. The summed E-state index contributed by atoms with van der Waals surface area (Å²) in [6.45, 7) is 0. The van der Waals surface area contributed by atoms with Crippen LogP contribution in [0, 0.1) is 0 Å². The number of hydrogen-bond acceptors (Lipinski definition) is 3. The van der Waals surface area contributed by atoms with Gasteiger partial charge in [-0.15, -0.1) is 11.3 Å². The topological polar surface area (TPSA) is 33.1 Å². The second-order valence-corrected chi connectivity index (χ2v) is 6.49. The number of pyridine rings is 1. The SMILES string of the molecule is OC(c1ccc(Br)s1)c1cncc2ccccc12. The summed E-state index contributed by atoms with van der Waals surface area (Å²) in [7, 11) is 0. The van der Waals surface area contributed by atoms with E-state index in [-0.39, 0.29) is 0 Å². The Balaban J connectivity index is 2.14. The number of aromatic nitrogens is 1. The van der Waals surface area contributed by atoms with Crippen LogP contribution >= 0.6 is 27.3 Å². The lowest BCUT2D eigenvalue weighted by Gasteiger charge is -2.11. The Morgan fingerprint density at radius 2 is 1.94 bits per heavy atom. The van der Waals surface area contributed by atoms with Gasteiger partial charge in [0.05, 0.1) is 3.79 Å². The van der Waals surface area contributed by atoms with E-state index in [0.717, 1.165) is 25.0 Å². The predicted octanol–water partition coefficient (Wildman–Crippen LogP) is 4.14. The Hall–Kier alpha value is -1.23. The minimum atomic E-state index is -0.625. The average Bonchev–Trinajstić information content (AvgIpc) is 2.84. The van der Waals surface area contributed by atoms with Crippen LogP contribution in [0.5, 0.6) is 0 Å². The second-order valence-electron chi connectivity index (χ2n) is 3.99. The van der Waals surface area contributed by atoms with Gasteiger partial charge in [-0.1, -0.05) is 24.3 Å². The van der Waals surface area contributed by atoms with Crippen molar-refractivity contribution in [1.82, 2.24) is 4.98 Å². The lowest BCUT2D eigenvalue weighted by atomic mass is 10.0. The molecule has 0 radical (unpaired) electrons. The summed E-state index contributed by atoms with van der Waals surface area (Å²) in [4.78, 5) is 5.12. The van der Waals surface area contributed by atoms with Gasteiger partial charge >= 0.3 is 0 Å². The molecule has 1 unspecified atom stereocenters. The number of thiophene rings is 1. The highest BCUT2D eigenvalue weighted by Crippen LogP contribution is 2.33. The molecule has 1 N–H and O–H groups in total. The molecule has 90 valence electrons. The van der Waals surface area contributed by atoms with Crippen molar-refractivity contribution in [2.24, 2.45) is 0 Å². The molecule has 18 heavy (non-hydrogen) atoms. The van der Waals surface area contributed by atoms with Gasteiger partial charge in [0, 0.05) is 28.2 Å². The van der Waals surface area contributed by atoms with E-state index in [9.17, 15) is 5.11 Å². The van der Waals surface area contributed by atoms with Gasteiger partial charge in [0.1, 0.15) is 6.10 Å². The van der Waals surface area contributed by atoms with Gasteiger partial charge in [0.15, 0.2) is 0 Å². The van der Waals surface area contributed by atoms with Gasteiger partial charge in [-0.25, -0.2) is 0 Å². The number of aliphatic hydroxyl groups is 1. The Morgan fingerprint density at radius 3 is 2.72 bits per heavy atom. The zero-order valence-corrected chi connectivity index (χ0v) is 11.8. The molecule has 0 saturated carbocycles. The molecule has 0 bridgehead atoms. The van der Waals surface area contributed by atoms with E-state index in [4.69, 9.17) is 0 Å². The molecule has 1 aromatic carbocycles. The van der Waals surface area contributed by atoms with Crippen molar-refractivity contribution < 1.29 is 5.11 Å². The van der Waals surface area contributed by atoms with Gasteiger partial charge < -0.3 is 5.11 Å². The van der Waals surface area contributed by atoms with Crippen LogP contribution in [0.1, 0.15) is 16.5 Å². The van der Waals surface area contributed by atoms with Gasteiger partial charge in [0.25, 0.3) is 0 Å². The molecule has 3 rings (SSSR count). The summed E-state index contributed by atoms with van der Waals surface area (Å²) in [5, 5.41) is 12.5. The van der Waals surface area contributed by atoms with E-state index in [1.807, 2.05) is 42.6 Å². The molecule has 2 aromatic heterocycles. The van der Waals surface area contributed by atoms with Crippen molar-refractivity contribution in [2.75, 3.05) is 0 Å². The highest BCUT2D eigenvalue weighted by atomic mass is 79.9. The molecule has 0 saturated heterocycles. The minimum Gasteiger partial charge on any atom is -0.383 e. The maximum Gasteiger partial charge on any atom is 0.115 e. The quantitative estimate of drug-likeness (QED) is 0.770. The molecule has 0 amide bonds. The zero-order chi connectivity index (χ0) is 12.5. The lowest BCUT2D eigenvalue weighted by molar-refractivity contribution is 0.225. The van der Waals surface area contributed by atoms with E-state index < -0.39 is 6.10 Å². The van der Waals surface area contributed by atoms with Crippen LogP contribution in [-0.4, -0.2) is 10.1 Å². The molecule has 0 fully saturated rings. The van der Waals surface area contributed by atoms with Gasteiger partial charge in [-0.05, 0) is 33.4 Å². The summed E-state index contributed by atoms with van der Waals surface area (Å²) in [6, 6.07) is 11.8. The molecule has 0 aliphatic carbocycles. The summed E-state index contributed by atoms with van der Waals surface area (Å²) >= 11 is 4.95. The number of benzene rings is 1. The van der Waals surface area contributed by atoms with Crippen LogP contribution in [0.15, 0.2) is 52.6 Å². The monoisotopic (exact) mass is 319 g/mol. The number of aliphatic hydroxyl groups excluding tert-OH is 1. The third-order valence-electron chi connectivity index (χ3n) is 2.86. The summed E-state index contributed by atoms with van der Waals surface area (Å²) in [5.41, 5.74) is 0.849. The first-order chi connectivity index (χ1) is 8.75. The normalized spacial score (nSPS) is 12.8. The van der Waals surface area contributed by atoms with Gasteiger partial charge in [-0.3, -0.25) is 4.98 Å². The second kappa shape index (κ2) is 4.80. The average molecular weight is 320 g/mol. The highest BCUT2D eigenvalue weighted by molar-refractivity contribution is 9.11. The van der Waals surface area contributed by atoms with Crippen molar-refractivity contribution in [3.05, 3.63) is 63.0 Å². The van der Waals surface area contributed by atoms with E-state index >= 15 is 0 Å². The standard InChI is InChI=1S/C14H10BrNOS/c15-13-6-5-12(18-13)14(17)11-8-16-7-9-3-1-2-4-10(9)11/h1-8,14,17H. The third-order valence-corrected chi connectivity index (χ3v) is 4.53. The Bertz CT molecular complexity index is 690. The van der Waals surface area contributed by atoms with Crippen LogP contribution in [-0.2, 0) is 0 Å². The van der Waals surface area contributed by atoms with Crippen molar-refractivity contribution in [1.29, 1.82) is 0 Å². The maximum atomic E-state index is 10.5. The fourth-order valence-electron chi connectivity index (χ4n) is 1.99. The van der Waals surface area contributed by atoms with Crippen LogP contribution in [0.2, 0.25) is 0 Å². The number of fused-ring (bicyclic) bond motifs is 1. The number of nitrogens with zero attached hydrogens (tertiary/aromatic N) is 1. The third kappa shape index (κ3) is 2.07. The number of halogens is 1. The van der Waals surface area contributed by atoms with E-state index in [1.165, 1.54) is 11.3 Å². The van der Waals surface area contributed by atoms with Crippen molar-refractivity contribution in [3.63, 3.8) is 0 Å². The van der Waals surface area contributed by atoms with E-state index in [0.29, 0.717) is 0 Å². The first-order valence-electron chi connectivity index (χ1n) is 5.51. The smallest absolute Gasteiger partial charge is 0.115 e. The first kappa shape index (κ1) is 11.8. The van der Waals surface area contributed by atoms with E-state index in [1.54, 1.807) is 6.20 Å². The first-order valence-corrected chi connectivity index (χ1v) is 7.12. The molecule has 4 heteroatoms. The Kier molecular flexibility index (Phi) is 3.16. The molecule has 1 atom stereocenters.